The summed E-state index contributed by atoms with van der Waals surface area (Å²) in [5.41, 5.74) is 3.97. The number of hydrogen-bond acceptors (Lipinski definition) is 1. The van der Waals surface area contributed by atoms with Crippen LogP contribution in [0.15, 0.2) is 35.6 Å². The van der Waals surface area contributed by atoms with Crippen molar-refractivity contribution in [1.29, 1.82) is 0 Å². The second-order valence-electron chi connectivity index (χ2n) is 4.21. The average molecular weight is 207 g/mol. The minimum absolute atomic E-state index is 0.910. The molecule has 0 rings (SSSR count). The van der Waals surface area contributed by atoms with Gasteiger partial charge in [-0.3, -0.25) is 0 Å². The van der Waals surface area contributed by atoms with Crippen LogP contribution in [0.25, 0.3) is 0 Å². The van der Waals surface area contributed by atoms with E-state index in [1.807, 2.05) is 0 Å². The van der Waals surface area contributed by atoms with Gasteiger partial charge in [-0.1, -0.05) is 36.8 Å². The molecular formula is C14H25N. The molecule has 0 spiro atoms. The van der Waals surface area contributed by atoms with Crippen LogP contribution >= 0.6 is 0 Å². The van der Waals surface area contributed by atoms with Crippen LogP contribution in [0.2, 0.25) is 0 Å². The minimum atomic E-state index is 0.910. The van der Waals surface area contributed by atoms with E-state index in [1.165, 1.54) is 11.1 Å². The van der Waals surface area contributed by atoms with Crippen molar-refractivity contribution in [2.75, 3.05) is 6.54 Å². The van der Waals surface area contributed by atoms with Gasteiger partial charge in [-0.25, -0.2) is 0 Å². The van der Waals surface area contributed by atoms with E-state index in [0.717, 1.165) is 31.5 Å². The normalized spacial score (nSPS) is 11.1. The fraction of sp³-hybridized carbons (Fsp3) is 0.571. The van der Waals surface area contributed by atoms with Gasteiger partial charge >= 0.3 is 0 Å². The predicted molar refractivity (Wildman–Crippen MR) is 69.9 cm³/mol. The SMILES string of the molecule is C=C(CC)NC/C=C(/C)CCC=C(C)C. The third-order valence-electron chi connectivity index (χ3n) is 2.32. The summed E-state index contributed by atoms with van der Waals surface area (Å²) in [4.78, 5) is 0. The first kappa shape index (κ1) is 14.0. The molecule has 0 saturated heterocycles. The average Bonchev–Trinajstić information content (AvgIpc) is 2.17. The lowest BCUT2D eigenvalue weighted by atomic mass is 10.1. The van der Waals surface area contributed by atoms with E-state index < -0.39 is 0 Å². The summed E-state index contributed by atoms with van der Waals surface area (Å²) in [7, 11) is 0. The molecule has 0 amide bonds. The van der Waals surface area contributed by atoms with Gasteiger partial charge in [0.1, 0.15) is 0 Å². The Balaban J connectivity index is 3.70. The van der Waals surface area contributed by atoms with E-state index in [0.29, 0.717) is 0 Å². The lowest BCUT2D eigenvalue weighted by Crippen LogP contribution is -2.11. The molecule has 0 atom stereocenters. The van der Waals surface area contributed by atoms with Crippen LogP contribution in [-0.2, 0) is 0 Å². The summed E-state index contributed by atoms with van der Waals surface area (Å²) in [5.74, 6) is 0. The number of allylic oxidation sites excluding steroid dienone is 4. The lowest BCUT2D eigenvalue weighted by Gasteiger charge is -2.05. The number of rotatable bonds is 7. The Morgan fingerprint density at radius 1 is 1.20 bits per heavy atom. The van der Waals surface area contributed by atoms with Crippen LogP contribution in [0, 0.1) is 0 Å². The van der Waals surface area contributed by atoms with Crippen molar-refractivity contribution < 1.29 is 0 Å². The molecule has 1 nitrogen and oxygen atoms in total. The summed E-state index contributed by atoms with van der Waals surface area (Å²) in [5, 5.41) is 3.28. The molecule has 0 aliphatic rings. The molecule has 1 N–H and O–H groups in total. The summed E-state index contributed by atoms with van der Waals surface area (Å²) in [6.07, 6.45) is 7.85. The zero-order valence-electron chi connectivity index (χ0n) is 10.7. The standard InChI is InChI=1S/C14H25N/c1-6-14(5)15-11-10-13(4)9-7-8-12(2)3/h8,10,15H,5-7,9,11H2,1-4H3/b13-10-. The quantitative estimate of drug-likeness (QED) is 0.617. The van der Waals surface area contributed by atoms with E-state index in [-0.39, 0.29) is 0 Å². The van der Waals surface area contributed by atoms with E-state index >= 15 is 0 Å². The van der Waals surface area contributed by atoms with Gasteiger partial charge in [0.25, 0.3) is 0 Å². The molecule has 0 unspecified atom stereocenters. The molecule has 0 saturated carbocycles. The fourth-order valence-corrected chi connectivity index (χ4v) is 1.19. The molecule has 0 aliphatic heterocycles. The highest BCUT2D eigenvalue weighted by molar-refractivity contribution is 5.04. The summed E-state index contributed by atoms with van der Waals surface area (Å²) in [6.45, 7) is 13.4. The Morgan fingerprint density at radius 2 is 1.87 bits per heavy atom. The first-order valence-corrected chi connectivity index (χ1v) is 5.77. The maximum atomic E-state index is 3.91. The Labute approximate surface area is 95.0 Å². The summed E-state index contributed by atoms with van der Waals surface area (Å²) < 4.78 is 0. The highest BCUT2D eigenvalue weighted by Crippen LogP contribution is 2.06. The molecule has 0 aromatic carbocycles. The molecule has 0 heterocycles. The smallest absolute Gasteiger partial charge is 0.0330 e. The van der Waals surface area contributed by atoms with Crippen molar-refractivity contribution in [2.45, 2.75) is 47.0 Å². The van der Waals surface area contributed by atoms with Crippen molar-refractivity contribution >= 4 is 0 Å². The molecule has 0 fully saturated rings. The third kappa shape index (κ3) is 9.33. The number of hydrogen-bond donors (Lipinski definition) is 1. The van der Waals surface area contributed by atoms with E-state index in [2.05, 4.69) is 51.7 Å². The number of nitrogens with one attached hydrogen (secondary N) is 1. The molecule has 86 valence electrons. The van der Waals surface area contributed by atoms with E-state index in [1.54, 1.807) is 0 Å². The second kappa shape index (κ2) is 8.34. The molecule has 0 bridgehead atoms. The predicted octanol–water partition coefficient (Wildman–Crippen LogP) is 4.19. The van der Waals surface area contributed by atoms with Gasteiger partial charge in [-0.2, -0.15) is 0 Å². The first-order chi connectivity index (χ1) is 7.06. The van der Waals surface area contributed by atoms with E-state index in [4.69, 9.17) is 0 Å². The summed E-state index contributed by atoms with van der Waals surface area (Å²) in [6, 6.07) is 0. The Kier molecular flexibility index (Phi) is 7.79. The molecule has 1 heteroatoms. The van der Waals surface area contributed by atoms with Crippen molar-refractivity contribution in [3.63, 3.8) is 0 Å². The Morgan fingerprint density at radius 3 is 2.40 bits per heavy atom. The van der Waals surface area contributed by atoms with Crippen LogP contribution in [0.5, 0.6) is 0 Å². The fourth-order valence-electron chi connectivity index (χ4n) is 1.19. The van der Waals surface area contributed by atoms with Crippen molar-refractivity contribution in [3.05, 3.63) is 35.6 Å². The van der Waals surface area contributed by atoms with Gasteiger partial charge in [-0.15, -0.1) is 0 Å². The van der Waals surface area contributed by atoms with E-state index in [9.17, 15) is 0 Å². The van der Waals surface area contributed by atoms with Crippen LogP contribution in [-0.4, -0.2) is 6.54 Å². The van der Waals surface area contributed by atoms with Gasteiger partial charge in [0, 0.05) is 12.2 Å². The topological polar surface area (TPSA) is 12.0 Å². The maximum Gasteiger partial charge on any atom is 0.0330 e. The molecular weight excluding hydrogens is 182 g/mol. The Bertz CT molecular complexity index is 242. The molecule has 0 aromatic heterocycles. The zero-order valence-corrected chi connectivity index (χ0v) is 10.7. The monoisotopic (exact) mass is 207 g/mol. The molecule has 0 aromatic rings. The third-order valence-corrected chi connectivity index (χ3v) is 2.32. The van der Waals surface area contributed by atoms with Crippen molar-refractivity contribution in [3.8, 4) is 0 Å². The van der Waals surface area contributed by atoms with Gasteiger partial charge in [0.05, 0.1) is 0 Å². The van der Waals surface area contributed by atoms with Gasteiger partial charge in [0.15, 0.2) is 0 Å². The second-order valence-corrected chi connectivity index (χ2v) is 4.21. The van der Waals surface area contributed by atoms with Gasteiger partial charge < -0.3 is 5.32 Å². The van der Waals surface area contributed by atoms with Crippen molar-refractivity contribution in [2.24, 2.45) is 0 Å². The van der Waals surface area contributed by atoms with Gasteiger partial charge in [0.2, 0.25) is 0 Å². The van der Waals surface area contributed by atoms with Crippen molar-refractivity contribution in [1.82, 2.24) is 5.32 Å². The van der Waals surface area contributed by atoms with Crippen LogP contribution in [0.1, 0.15) is 47.0 Å². The summed E-state index contributed by atoms with van der Waals surface area (Å²) >= 11 is 0. The Hall–Kier alpha value is -0.980. The lowest BCUT2D eigenvalue weighted by molar-refractivity contribution is 0.838. The maximum absolute atomic E-state index is 3.91. The van der Waals surface area contributed by atoms with Gasteiger partial charge in [-0.05, 0) is 40.0 Å². The van der Waals surface area contributed by atoms with Crippen LogP contribution in [0.4, 0.5) is 0 Å². The highest BCUT2D eigenvalue weighted by atomic mass is 14.9. The molecule has 0 aliphatic carbocycles. The highest BCUT2D eigenvalue weighted by Gasteiger charge is 1.89. The zero-order chi connectivity index (χ0) is 11.7. The first-order valence-electron chi connectivity index (χ1n) is 5.77. The molecule has 15 heavy (non-hydrogen) atoms. The van der Waals surface area contributed by atoms with Crippen LogP contribution < -0.4 is 5.32 Å². The van der Waals surface area contributed by atoms with Crippen LogP contribution in [0.3, 0.4) is 0 Å². The molecule has 0 radical (unpaired) electrons. The minimum Gasteiger partial charge on any atom is -0.385 e. The largest absolute Gasteiger partial charge is 0.385 e.